The maximum absolute atomic E-state index is 13.7. The van der Waals surface area contributed by atoms with Gasteiger partial charge in [0.05, 0.1) is 24.2 Å². The standard InChI is InChI=1S/C28H37F2N3O2/c1-18-9-10-28(17-31-18,22-8-6-7-21(14-22)27(3,4)5)32-16-26(35)25(33-19(2)34)13-20-11-23(29)15-24(30)12-20/h6-8,11-12,14-15,25-26,32,35H,9-10,13,16-17H2,1-5H3,(H,33,34)/t25-,26+,28?/m0/s1. The van der Waals surface area contributed by atoms with Crippen molar-refractivity contribution in [2.45, 2.75) is 77.0 Å². The first-order chi connectivity index (χ1) is 16.4. The number of hydrogen-bond donors (Lipinski definition) is 3. The highest BCUT2D eigenvalue weighted by Gasteiger charge is 2.36. The van der Waals surface area contributed by atoms with Crippen molar-refractivity contribution in [1.29, 1.82) is 0 Å². The Labute approximate surface area is 207 Å². The molecule has 0 aliphatic carbocycles. The largest absolute Gasteiger partial charge is 0.390 e. The van der Waals surface area contributed by atoms with Gasteiger partial charge < -0.3 is 15.7 Å². The van der Waals surface area contributed by atoms with Crippen LogP contribution in [0.15, 0.2) is 47.5 Å². The lowest BCUT2D eigenvalue weighted by atomic mass is 9.78. The number of benzene rings is 2. The van der Waals surface area contributed by atoms with E-state index in [1.54, 1.807) is 0 Å². The predicted octanol–water partition coefficient (Wildman–Crippen LogP) is 4.41. The first-order valence-corrected chi connectivity index (χ1v) is 12.1. The molecule has 0 aromatic heterocycles. The molecule has 1 aliphatic heterocycles. The summed E-state index contributed by atoms with van der Waals surface area (Å²) in [5, 5.41) is 17.4. The number of amides is 1. The van der Waals surface area contributed by atoms with E-state index >= 15 is 0 Å². The summed E-state index contributed by atoms with van der Waals surface area (Å²) >= 11 is 0. The van der Waals surface area contributed by atoms with Crippen LogP contribution in [0.1, 0.15) is 64.2 Å². The molecule has 0 fully saturated rings. The number of aliphatic hydroxyl groups excluding tert-OH is 1. The molecule has 0 saturated heterocycles. The molecule has 2 aromatic carbocycles. The summed E-state index contributed by atoms with van der Waals surface area (Å²) in [6.45, 7) is 10.6. The molecule has 2 aromatic rings. The lowest BCUT2D eigenvalue weighted by Crippen LogP contribution is -2.54. The maximum atomic E-state index is 13.7. The van der Waals surface area contributed by atoms with Gasteiger partial charge in [-0.1, -0.05) is 45.0 Å². The normalized spacial score (nSPS) is 20.2. The molecule has 1 unspecified atom stereocenters. The van der Waals surface area contributed by atoms with Crippen LogP contribution < -0.4 is 10.6 Å². The molecule has 1 amide bonds. The zero-order valence-electron chi connectivity index (χ0n) is 21.3. The monoisotopic (exact) mass is 485 g/mol. The van der Waals surface area contributed by atoms with Gasteiger partial charge in [0, 0.05) is 25.2 Å². The summed E-state index contributed by atoms with van der Waals surface area (Å²) in [5.74, 6) is -1.71. The van der Waals surface area contributed by atoms with Gasteiger partial charge in [0.2, 0.25) is 5.91 Å². The molecule has 1 heterocycles. The van der Waals surface area contributed by atoms with E-state index in [9.17, 15) is 18.7 Å². The van der Waals surface area contributed by atoms with E-state index in [2.05, 4.69) is 55.7 Å². The second-order valence-corrected chi connectivity index (χ2v) is 10.7. The summed E-state index contributed by atoms with van der Waals surface area (Å²) in [6, 6.07) is 11.0. The Bertz CT molecular complexity index is 1060. The Morgan fingerprint density at radius 3 is 2.43 bits per heavy atom. The van der Waals surface area contributed by atoms with Gasteiger partial charge in [-0.3, -0.25) is 9.79 Å². The molecule has 190 valence electrons. The van der Waals surface area contributed by atoms with Crippen molar-refractivity contribution in [1.82, 2.24) is 10.6 Å². The fourth-order valence-electron chi connectivity index (χ4n) is 4.56. The van der Waals surface area contributed by atoms with Gasteiger partial charge >= 0.3 is 0 Å². The van der Waals surface area contributed by atoms with Gasteiger partial charge in [-0.05, 0) is 60.4 Å². The van der Waals surface area contributed by atoms with Crippen LogP contribution in [0.2, 0.25) is 0 Å². The van der Waals surface area contributed by atoms with Crippen molar-refractivity contribution in [3.8, 4) is 0 Å². The molecule has 0 bridgehead atoms. The van der Waals surface area contributed by atoms with Gasteiger partial charge in [0.1, 0.15) is 11.6 Å². The molecule has 0 saturated carbocycles. The third-order valence-corrected chi connectivity index (χ3v) is 6.69. The second kappa shape index (κ2) is 11.0. The molecule has 3 atom stereocenters. The second-order valence-electron chi connectivity index (χ2n) is 10.7. The topological polar surface area (TPSA) is 73.7 Å². The number of rotatable bonds is 8. The highest BCUT2D eigenvalue weighted by atomic mass is 19.1. The van der Waals surface area contributed by atoms with E-state index in [0.29, 0.717) is 12.1 Å². The summed E-state index contributed by atoms with van der Waals surface area (Å²) in [6.07, 6.45) is 0.768. The Morgan fingerprint density at radius 1 is 1.17 bits per heavy atom. The van der Waals surface area contributed by atoms with E-state index < -0.39 is 29.3 Å². The summed E-state index contributed by atoms with van der Waals surface area (Å²) < 4.78 is 27.4. The van der Waals surface area contributed by atoms with Crippen LogP contribution in [-0.2, 0) is 22.2 Å². The molecule has 0 spiro atoms. The Hall–Kier alpha value is -2.64. The van der Waals surface area contributed by atoms with Gasteiger partial charge in [-0.2, -0.15) is 0 Å². The van der Waals surface area contributed by atoms with E-state index in [1.807, 2.05) is 6.92 Å². The number of nitrogens with zero attached hydrogens (tertiary/aromatic N) is 1. The van der Waals surface area contributed by atoms with Crippen molar-refractivity contribution >= 4 is 11.6 Å². The van der Waals surface area contributed by atoms with E-state index in [1.165, 1.54) is 24.6 Å². The maximum Gasteiger partial charge on any atom is 0.217 e. The highest BCUT2D eigenvalue weighted by molar-refractivity contribution is 5.82. The van der Waals surface area contributed by atoms with Crippen molar-refractivity contribution in [3.63, 3.8) is 0 Å². The van der Waals surface area contributed by atoms with Crippen molar-refractivity contribution in [2.75, 3.05) is 13.1 Å². The molecule has 3 rings (SSSR count). The van der Waals surface area contributed by atoms with Gasteiger partial charge in [-0.25, -0.2) is 8.78 Å². The van der Waals surface area contributed by atoms with Crippen LogP contribution in [0, 0.1) is 11.6 Å². The molecular formula is C28H37F2N3O2. The lowest BCUT2D eigenvalue weighted by molar-refractivity contribution is -0.120. The molecule has 35 heavy (non-hydrogen) atoms. The summed E-state index contributed by atoms with van der Waals surface area (Å²) in [7, 11) is 0. The third kappa shape index (κ3) is 7.18. The molecule has 7 heteroatoms. The third-order valence-electron chi connectivity index (χ3n) is 6.69. The number of carbonyl (C=O) groups is 1. The van der Waals surface area contributed by atoms with Gasteiger partial charge in [0.15, 0.2) is 0 Å². The number of aliphatic hydroxyl groups is 1. The van der Waals surface area contributed by atoms with E-state index in [-0.39, 0.29) is 24.3 Å². The van der Waals surface area contributed by atoms with Crippen LogP contribution in [0.4, 0.5) is 8.78 Å². The number of halogens is 2. The van der Waals surface area contributed by atoms with E-state index in [0.717, 1.165) is 30.2 Å². The van der Waals surface area contributed by atoms with Crippen LogP contribution >= 0.6 is 0 Å². The Balaban J connectivity index is 1.84. The average molecular weight is 486 g/mol. The highest BCUT2D eigenvalue weighted by Crippen LogP contribution is 2.33. The van der Waals surface area contributed by atoms with Crippen LogP contribution in [0.3, 0.4) is 0 Å². The minimum absolute atomic E-state index is 0.0126. The minimum atomic E-state index is -0.986. The molecule has 5 nitrogen and oxygen atoms in total. The van der Waals surface area contributed by atoms with Crippen molar-refractivity contribution in [2.24, 2.45) is 4.99 Å². The molecule has 0 radical (unpaired) electrons. The fraction of sp³-hybridized carbons (Fsp3) is 0.500. The average Bonchev–Trinajstić information content (AvgIpc) is 2.77. The number of aliphatic imine (C=N–C) groups is 1. The van der Waals surface area contributed by atoms with Gasteiger partial charge in [0.25, 0.3) is 0 Å². The number of hydrogen-bond acceptors (Lipinski definition) is 4. The van der Waals surface area contributed by atoms with Crippen LogP contribution in [0.5, 0.6) is 0 Å². The minimum Gasteiger partial charge on any atom is -0.390 e. The fourth-order valence-corrected chi connectivity index (χ4v) is 4.56. The first kappa shape index (κ1) is 27.0. The quantitative estimate of drug-likeness (QED) is 0.519. The molecule has 1 aliphatic rings. The lowest BCUT2D eigenvalue weighted by Gasteiger charge is -2.39. The SMILES string of the molecule is CC(=O)N[C@@H](Cc1cc(F)cc(F)c1)[C@H](O)CNC1(c2cccc(C(C)(C)C)c2)CCC(C)=NC1. The van der Waals surface area contributed by atoms with Crippen molar-refractivity contribution in [3.05, 3.63) is 70.8 Å². The van der Waals surface area contributed by atoms with Crippen molar-refractivity contribution < 1.29 is 18.7 Å². The van der Waals surface area contributed by atoms with E-state index in [4.69, 9.17) is 4.99 Å². The number of carbonyl (C=O) groups excluding carboxylic acids is 1. The summed E-state index contributed by atoms with van der Waals surface area (Å²) in [4.78, 5) is 16.6. The van der Waals surface area contributed by atoms with Crippen LogP contribution in [-0.4, -0.2) is 42.0 Å². The smallest absolute Gasteiger partial charge is 0.217 e. The molecular weight excluding hydrogens is 448 g/mol. The first-order valence-electron chi connectivity index (χ1n) is 12.1. The Morgan fingerprint density at radius 2 is 1.86 bits per heavy atom. The zero-order chi connectivity index (χ0) is 25.8. The number of nitrogens with one attached hydrogen (secondary N) is 2. The van der Waals surface area contributed by atoms with Crippen LogP contribution in [0.25, 0.3) is 0 Å². The zero-order valence-corrected chi connectivity index (χ0v) is 21.3. The summed E-state index contributed by atoms with van der Waals surface area (Å²) in [5.41, 5.74) is 3.31. The predicted molar refractivity (Wildman–Crippen MR) is 136 cm³/mol. The molecule has 3 N–H and O–H groups in total. The Kier molecular flexibility index (Phi) is 8.44. The van der Waals surface area contributed by atoms with Gasteiger partial charge in [-0.15, -0.1) is 0 Å².